The van der Waals surface area contributed by atoms with Gasteiger partial charge in [-0.1, -0.05) is 0 Å². The van der Waals surface area contributed by atoms with E-state index in [0.29, 0.717) is 19.5 Å². The third-order valence-electron chi connectivity index (χ3n) is 3.34. The van der Waals surface area contributed by atoms with Crippen molar-refractivity contribution in [2.75, 3.05) is 13.1 Å². The topological polar surface area (TPSA) is 75.4 Å². The summed E-state index contributed by atoms with van der Waals surface area (Å²) in [4.78, 5) is 24.5. The van der Waals surface area contributed by atoms with Crippen molar-refractivity contribution in [1.82, 2.24) is 14.7 Å². The molecule has 0 bridgehead atoms. The van der Waals surface area contributed by atoms with Crippen LogP contribution in [0.5, 0.6) is 0 Å². The minimum absolute atomic E-state index is 0.146. The van der Waals surface area contributed by atoms with E-state index in [1.54, 1.807) is 35.0 Å². The first-order valence-electron chi connectivity index (χ1n) is 6.25. The maximum atomic E-state index is 12.0. The predicted molar refractivity (Wildman–Crippen MR) is 69.2 cm³/mol. The van der Waals surface area contributed by atoms with E-state index in [-0.39, 0.29) is 5.91 Å². The molecule has 0 aromatic carbocycles. The van der Waals surface area contributed by atoms with E-state index in [1.165, 1.54) is 6.08 Å². The Hall–Kier alpha value is -2.11. The standard InChI is InChI=1S/C13H17N3O3/c1-15-11(6-7-14-15)4-5-12(17)16-8-2-3-10(9-16)13(18)19/h4-7,10H,2-3,8-9H2,1H3,(H,18,19). The van der Waals surface area contributed by atoms with Crippen LogP contribution in [0.4, 0.5) is 0 Å². The van der Waals surface area contributed by atoms with Crippen LogP contribution in [-0.2, 0) is 16.6 Å². The highest BCUT2D eigenvalue weighted by atomic mass is 16.4. The fourth-order valence-electron chi connectivity index (χ4n) is 2.19. The van der Waals surface area contributed by atoms with Crippen LogP contribution in [0.15, 0.2) is 18.3 Å². The van der Waals surface area contributed by atoms with Crippen molar-refractivity contribution < 1.29 is 14.7 Å². The smallest absolute Gasteiger partial charge is 0.308 e. The van der Waals surface area contributed by atoms with Gasteiger partial charge in [-0.3, -0.25) is 14.3 Å². The van der Waals surface area contributed by atoms with Crippen LogP contribution >= 0.6 is 0 Å². The van der Waals surface area contributed by atoms with E-state index in [4.69, 9.17) is 5.11 Å². The summed E-state index contributed by atoms with van der Waals surface area (Å²) in [5, 5.41) is 13.0. The summed E-state index contributed by atoms with van der Waals surface area (Å²) in [5.41, 5.74) is 0.833. The Labute approximate surface area is 111 Å². The molecule has 0 spiro atoms. The van der Waals surface area contributed by atoms with Crippen LogP contribution in [0.25, 0.3) is 6.08 Å². The molecule has 6 nitrogen and oxygen atoms in total. The summed E-state index contributed by atoms with van der Waals surface area (Å²) in [6.07, 6.45) is 6.21. The number of nitrogens with zero attached hydrogens (tertiary/aromatic N) is 3. The average Bonchev–Trinajstić information content (AvgIpc) is 2.81. The Bertz CT molecular complexity index is 507. The van der Waals surface area contributed by atoms with Crippen molar-refractivity contribution in [3.63, 3.8) is 0 Å². The maximum absolute atomic E-state index is 12.0. The second kappa shape index (κ2) is 5.69. The lowest BCUT2D eigenvalue weighted by atomic mass is 9.98. The first-order chi connectivity index (χ1) is 9.08. The number of carbonyl (C=O) groups is 2. The van der Waals surface area contributed by atoms with Gasteiger partial charge in [0.1, 0.15) is 0 Å². The van der Waals surface area contributed by atoms with E-state index < -0.39 is 11.9 Å². The summed E-state index contributed by atoms with van der Waals surface area (Å²) in [7, 11) is 1.80. The zero-order chi connectivity index (χ0) is 13.8. The van der Waals surface area contributed by atoms with Crippen molar-refractivity contribution in [3.8, 4) is 0 Å². The molecule has 1 saturated heterocycles. The lowest BCUT2D eigenvalue weighted by Gasteiger charge is -2.29. The Morgan fingerprint density at radius 1 is 1.53 bits per heavy atom. The molecule has 102 valence electrons. The number of aryl methyl sites for hydroxylation is 1. The quantitative estimate of drug-likeness (QED) is 0.817. The minimum atomic E-state index is -0.826. The number of aromatic nitrogens is 2. The summed E-state index contributed by atoms with van der Waals surface area (Å²) >= 11 is 0. The fraction of sp³-hybridized carbons (Fsp3) is 0.462. The molecule has 1 amide bonds. The highest BCUT2D eigenvalue weighted by Gasteiger charge is 2.27. The van der Waals surface area contributed by atoms with Gasteiger partial charge in [0, 0.05) is 32.4 Å². The molecule has 1 fully saturated rings. The Morgan fingerprint density at radius 2 is 2.32 bits per heavy atom. The first-order valence-corrected chi connectivity index (χ1v) is 6.25. The Kier molecular flexibility index (Phi) is 3.99. The molecule has 1 aromatic rings. The molecule has 6 heteroatoms. The monoisotopic (exact) mass is 263 g/mol. The third-order valence-corrected chi connectivity index (χ3v) is 3.34. The number of hydrogen-bond acceptors (Lipinski definition) is 3. The van der Waals surface area contributed by atoms with Gasteiger partial charge >= 0.3 is 5.97 Å². The molecule has 1 atom stereocenters. The van der Waals surface area contributed by atoms with Crippen LogP contribution in [-0.4, -0.2) is 44.8 Å². The van der Waals surface area contributed by atoms with Gasteiger partial charge in [-0.25, -0.2) is 0 Å². The van der Waals surface area contributed by atoms with Crippen LogP contribution in [0.2, 0.25) is 0 Å². The van der Waals surface area contributed by atoms with Gasteiger partial charge in [0.25, 0.3) is 0 Å². The van der Waals surface area contributed by atoms with Crippen LogP contribution in [0.3, 0.4) is 0 Å². The highest BCUT2D eigenvalue weighted by molar-refractivity contribution is 5.92. The Morgan fingerprint density at radius 3 is 2.95 bits per heavy atom. The van der Waals surface area contributed by atoms with Crippen molar-refractivity contribution in [2.24, 2.45) is 13.0 Å². The molecule has 1 aromatic heterocycles. The van der Waals surface area contributed by atoms with Crippen molar-refractivity contribution in [2.45, 2.75) is 12.8 Å². The molecule has 0 radical (unpaired) electrons. The van der Waals surface area contributed by atoms with Crippen molar-refractivity contribution >= 4 is 18.0 Å². The maximum Gasteiger partial charge on any atom is 0.308 e. The summed E-state index contributed by atoms with van der Waals surface area (Å²) < 4.78 is 1.67. The number of carboxylic acids is 1. The number of carboxylic acid groups (broad SMARTS) is 1. The number of carbonyl (C=O) groups excluding carboxylic acids is 1. The van der Waals surface area contributed by atoms with Crippen molar-refractivity contribution in [3.05, 3.63) is 24.0 Å². The lowest BCUT2D eigenvalue weighted by Crippen LogP contribution is -2.41. The normalized spacial score (nSPS) is 19.8. The largest absolute Gasteiger partial charge is 0.481 e. The van der Waals surface area contributed by atoms with Crippen LogP contribution in [0.1, 0.15) is 18.5 Å². The van der Waals surface area contributed by atoms with Gasteiger partial charge < -0.3 is 10.0 Å². The molecule has 2 rings (SSSR count). The van der Waals surface area contributed by atoms with E-state index in [0.717, 1.165) is 12.1 Å². The number of piperidine rings is 1. The third kappa shape index (κ3) is 3.21. The zero-order valence-electron chi connectivity index (χ0n) is 10.8. The van der Waals surface area contributed by atoms with E-state index in [9.17, 15) is 9.59 Å². The van der Waals surface area contributed by atoms with E-state index in [2.05, 4.69) is 5.10 Å². The molecule has 0 saturated carbocycles. The molecular formula is C13H17N3O3. The van der Waals surface area contributed by atoms with Crippen LogP contribution in [0, 0.1) is 5.92 Å². The fourth-order valence-corrected chi connectivity index (χ4v) is 2.19. The first kappa shape index (κ1) is 13.3. The molecule has 1 aliphatic heterocycles. The molecule has 2 heterocycles. The number of likely N-dealkylation sites (tertiary alicyclic amines) is 1. The van der Waals surface area contributed by atoms with Gasteiger partial charge in [-0.2, -0.15) is 5.10 Å². The van der Waals surface area contributed by atoms with E-state index in [1.807, 2.05) is 0 Å². The zero-order valence-corrected chi connectivity index (χ0v) is 10.8. The number of hydrogen-bond donors (Lipinski definition) is 1. The Balaban J connectivity index is 1.98. The lowest BCUT2D eigenvalue weighted by molar-refractivity contribution is -0.144. The molecule has 1 N–H and O–H groups in total. The minimum Gasteiger partial charge on any atom is -0.481 e. The summed E-state index contributed by atoms with van der Waals surface area (Å²) in [6.45, 7) is 0.919. The second-order valence-corrected chi connectivity index (χ2v) is 4.67. The number of amides is 1. The number of aliphatic carboxylic acids is 1. The predicted octanol–water partition coefficient (Wildman–Crippen LogP) is 0.756. The van der Waals surface area contributed by atoms with E-state index >= 15 is 0 Å². The second-order valence-electron chi connectivity index (χ2n) is 4.67. The van der Waals surface area contributed by atoms with Gasteiger partial charge in [0.05, 0.1) is 11.6 Å². The van der Waals surface area contributed by atoms with Gasteiger partial charge in [-0.05, 0) is 25.0 Å². The SMILES string of the molecule is Cn1nccc1C=CC(=O)N1CCCC(C(=O)O)C1. The highest BCUT2D eigenvalue weighted by Crippen LogP contribution is 2.17. The average molecular weight is 263 g/mol. The molecule has 1 unspecified atom stereocenters. The molecule has 1 aliphatic rings. The molecule has 19 heavy (non-hydrogen) atoms. The summed E-state index contributed by atoms with van der Waals surface area (Å²) in [6, 6.07) is 1.81. The van der Waals surface area contributed by atoms with Gasteiger partial charge in [0.2, 0.25) is 5.91 Å². The van der Waals surface area contributed by atoms with Crippen LogP contribution < -0.4 is 0 Å². The van der Waals surface area contributed by atoms with Gasteiger partial charge in [-0.15, -0.1) is 0 Å². The molecule has 0 aliphatic carbocycles. The van der Waals surface area contributed by atoms with Gasteiger partial charge in [0.15, 0.2) is 0 Å². The number of rotatable bonds is 3. The molecular weight excluding hydrogens is 246 g/mol. The van der Waals surface area contributed by atoms with Crippen molar-refractivity contribution in [1.29, 1.82) is 0 Å². The summed E-state index contributed by atoms with van der Waals surface area (Å²) in [5.74, 6) is -1.41.